The monoisotopic (exact) mass is 238 g/mol. The lowest BCUT2D eigenvalue weighted by molar-refractivity contribution is 0.389. The van der Waals surface area contributed by atoms with Crippen molar-refractivity contribution in [2.24, 2.45) is 0 Å². The van der Waals surface area contributed by atoms with Crippen LogP contribution in [0.3, 0.4) is 0 Å². The first kappa shape index (κ1) is 13.6. The van der Waals surface area contributed by atoms with Gasteiger partial charge in [0.15, 0.2) is 5.82 Å². The van der Waals surface area contributed by atoms with Gasteiger partial charge in [-0.05, 0) is 40.1 Å². The van der Waals surface area contributed by atoms with Crippen LogP contribution in [0.25, 0.3) is 0 Å². The summed E-state index contributed by atoms with van der Waals surface area (Å²) in [6.07, 6.45) is 1.03. The van der Waals surface area contributed by atoms with Crippen LogP contribution >= 0.6 is 0 Å². The van der Waals surface area contributed by atoms with Gasteiger partial charge in [0.05, 0.1) is 12.8 Å². The summed E-state index contributed by atoms with van der Waals surface area (Å²) in [5, 5.41) is 3.30. The summed E-state index contributed by atoms with van der Waals surface area (Å²) in [5.41, 5.74) is 6.50. The third-order valence-electron chi connectivity index (χ3n) is 2.50. The Morgan fingerprint density at radius 3 is 2.76 bits per heavy atom. The number of hydrogen-bond acceptors (Lipinski definition) is 5. The van der Waals surface area contributed by atoms with Crippen LogP contribution < -0.4 is 15.8 Å². The summed E-state index contributed by atoms with van der Waals surface area (Å²) in [6, 6.07) is 3.87. The Morgan fingerprint density at radius 2 is 2.18 bits per heavy atom. The van der Waals surface area contributed by atoms with E-state index in [1.165, 1.54) is 0 Å². The van der Waals surface area contributed by atoms with Crippen molar-refractivity contribution < 1.29 is 4.74 Å². The minimum absolute atomic E-state index is 0.319. The van der Waals surface area contributed by atoms with E-state index in [4.69, 9.17) is 10.5 Å². The van der Waals surface area contributed by atoms with Crippen LogP contribution in [0, 0.1) is 0 Å². The molecule has 0 amide bonds. The van der Waals surface area contributed by atoms with Crippen LogP contribution in [0.2, 0.25) is 0 Å². The molecule has 5 heteroatoms. The van der Waals surface area contributed by atoms with Gasteiger partial charge >= 0.3 is 0 Å². The van der Waals surface area contributed by atoms with E-state index in [-0.39, 0.29) is 0 Å². The van der Waals surface area contributed by atoms with Crippen LogP contribution in [0.5, 0.6) is 5.88 Å². The highest BCUT2D eigenvalue weighted by atomic mass is 16.5. The van der Waals surface area contributed by atoms with E-state index < -0.39 is 0 Å². The lowest BCUT2D eigenvalue weighted by Crippen LogP contribution is -2.23. The van der Waals surface area contributed by atoms with Crippen molar-refractivity contribution in [2.75, 3.05) is 38.8 Å². The maximum Gasteiger partial charge on any atom is 0.215 e. The third kappa shape index (κ3) is 4.48. The highest BCUT2D eigenvalue weighted by Gasteiger charge is 2.07. The van der Waals surface area contributed by atoms with Crippen LogP contribution in [-0.2, 0) is 0 Å². The molecule has 1 heterocycles. The first-order valence-corrected chi connectivity index (χ1v) is 5.74. The van der Waals surface area contributed by atoms with Crippen molar-refractivity contribution >= 4 is 11.5 Å². The van der Waals surface area contributed by atoms with E-state index in [0.717, 1.165) is 13.0 Å². The lowest BCUT2D eigenvalue weighted by atomic mass is 10.2. The average molecular weight is 238 g/mol. The number of nitrogens with one attached hydrogen (secondary N) is 1. The van der Waals surface area contributed by atoms with Crippen molar-refractivity contribution in [2.45, 2.75) is 19.4 Å². The predicted octanol–water partition coefficient (Wildman–Crippen LogP) is 1.42. The second kappa shape index (κ2) is 6.30. The van der Waals surface area contributed by atoms with Gasteiger partial charge in [0.25, 0.3) is 0 Å². The minimum Gasteiger partial charge on any atom is -0.481 e. The molecule has 0 aromatic carbocycles. The number of aromatic nitrogens is 1. The number of pyridine rings is 1. The minimum atomic E-state index is 0.319. The van der Waals surface area contributed by atoms with Crippen molar-refractivity contribution in [3.8, 4) is 5.88 Å². The molecule has 0 saturated carbocycles. The van der Waals surface area contributed by atoms with Gasteiger partial charge in [-0.15, -0.1) is 0 Å². The molecule has 1 unspecified atom stereocenters. The quantitative estimate of drug-likeness (QED) is 0.785. The normalized spacial score (nSPS) is 12.5. The van der Waals surface area contributed by atoms with Gasteiger partial charge in [-0.2, -0.15) is 4.98 Å². The van der Waals surface area contributed by atoms with Crippen LogP contribution in [0.4, 0.5) is 11.5 Å². The molecule has 3 N–H and O–H groups in total. The third-order valence-corrected chi connectivity index (χ3v) is 2.50. The van der Waals surface area contributed by atoms with E-state index in [1.807, 2.05) is 0 Å². The summed E-state index contributed by atoms with van der Waals surface area (Å²) >= 11 is 0. The highest BCUT2D eigenvalue weighted by Crippen LogP contribution is 2.20. The fourth-order valence-corrected chi connectivity index (χ4v) is 1.44. The molecule has 0 bridgehead atoms. The zero-order valence-corrected chi connectivity index (χ0v) is 11.0. The molecule has 0 saturated heterocycles. The summed E-state index contributed by atoms with van der Waals surface area (Å²) in [7, 11) is 5.72. The topological polar surface area (TPSA) is 63.4 Å². The zero-order valence-electron chi connectivity index (χ0n) is 11.0. The van der Waals surface area contributed by atoms with Crippen molar-refractivity contribution in [3.05, 3.63) is 12.1 Å². The summed E-state index contributed by atoms with van der Waals surface area (Å²) in [4.78, 5) is 6.44. The number of nitrogens with two attached hydrogens (primary N) is 1. The molecule has 0 aliphatic carbocycles. The molecule has 0 spiro atoms. The maximum absolute atomic E-state index is 5.86. The van der Waals surface area contributed by atoms with Crippen molar-refractivity contribution in [3.63, 3.8) is 0 Å². The molecule has 1 atom stereocenters. The zero-order chi connectivity index (χ0) is 12.8. The molecule has 1 rings (SSSR count). The molecule has 96 valence electrons. The number of ether oxygens (including phenoxy) is 1. The van der Waals surface area contributed by atoms with Crippen LogP contribution in [0.15, 0.2) is 12.1 Å². The van der Waals surface area contributed by atoms with Crippen LogP contribution in [0.1, 0.15) is 13.3 Å². The van der Waals surface area contributed by atoms with Gasteiger partial charge in [-0.1, -0.05) is 0 Å². The van der Waals surface area contributed by atoms with Gasteiger partial charge in [-0.3, -0.25) is 0 Å². The van der Waals surface area contributed by atoms with E-state index in [9.17, 15) is 0 Å². The Hall–Kier alpha value is -1.49. The number of methoxy groups -OCH3 is 1. The first-order chi connectivity index (χ1) is 8.02. The van der Waals surface area contributed by atoms with Gasteiger partial charge in [-0.25, -0.2) is 0 Å². The molecule has 0 radical (unpaired) electrons. The Morgan fingerprint density at radius 1 is 1.47 bits per heavy atom. The van der Waals surface area contributed by atoms with Gasteiger partial charge in [0, 0.05) is 12.1 Å². The number of rotatable bonds is 6. The van der Waals surface area contributed by atoms with E-state index >= 15 is 0 Å². The average Bonchev–Trinajstić information content (AvgIpc) is 2.29. The molecule has 1 aromatic rings. The lowest BCUT2D eigenvalue weighted by Gasteiger charge is -2.18. The number of anilines is 2. The summed E-state index contributed by atoms with van der Waals surface area (Å²) in [5.74, 6) is 1.26. The van der Waals surface area contributed by atoms with E-state index in [0.29, 0.717) is 23.4 Å². The molecule has 0 fully saturated rings. The Bertz CT molecular complexity index is 354. The number of nitrogen functional groups attached to an aromatic ring is 1. The van der Waals surface area contributed by atoms with Crippen molar-refractivity contribution in [1.82, 2.24) is 9.88 Å². The molecule has 0 aliphatic heterocycles. The molecule has 17 heavy (non-hydrogen) atoms. The number of hydrogen-bond donors (Lipinski definition) is 2. The molecular formula is C12H22N4O. The fraction of sp³-hybridized carbons (Fsp3) is 0.583. The fourth-order valence-electron chi connectivity index (χ4n) is 1.44. The number of nitrogens with zero attached hydrogens (tertiary/aromatic N) is 2. The largest absolute Gasteiger partial charge is 0.481 e. The Kier molecular flexibility index (Phi) is 5.03. The second-order valence-electron chi connectivity index (χ2n) is 4.43. The van der Waals surface area contributed by atoms with Gasteiger partial charge < -0.3 is 20.7 Å². The smallest absolute Gasteiger partial charge is 0.215 e. The van der Waals surface area contributed by atoms with Crippen LogP contribution in [-0.4, -0.2) is 43.7 Å². The first-order valence-electron chi connectivity index (χ1n) is 5.74. The molecule has 5 nitrogen and oxygen atoms in total. The van der Waals surface area contributed by atoms with Gasteiger partial charge in [0.2, 0.25) is 5.88 Å². The maximum atomic E-state index is 5.86. The molecule has 1 aromatic heterocycles. The molecule has 0 aliphatic rings. The molecular weight excluding hydrogens is 216 g/mol. The van der Waals surface area contributed by atoms with E-state index in [1.54, 1.807) is 19.2 Å². The highest BCUT2D eigenvalue weighted by molar-refractivity contribution is 5.62. The van der Waals surface area contributed by atoms with Gasteiger partial charge in [0.1, 0.15) is 0 Å². The predicted molar refractivity (Wildman–Crippen MR) is 71.5 cm³/mol. The summed E-state index contributed by atoms with van der Waals surface area (Å²) < 4.78 is 5.07. The second-order valence-corrected chi connectivity index (χ2v) is 4.43. The standard InChI is InChI=1S/C12H22N4O/c1-9(7-8-16(2)3)14-12-10(13)5-6-11(15-12)17-4/h5-6,9H,7-8,13H2,1-4H3,(H,14,15). The van der Waals surface area contributed by atoms with E-state index in [2.05, 4.69) is 36.2 Å². The Balaban J connectivity index is 2.60. The SMILES string of the molecule is COc1ccc(N)c(NC(C)CCN(C)C)n1. The Labute approximate surface area is 103 Å². The summed E-state index contributed by atoms with van der Waals surface area (Å²) in [6.45, 7) is 3.14. The van der Waals surface area contributed by atoms with Crippen molar-refractivity contribution in [1.29, 1.82) is 0 Å².